The highest BCUT2D eigenvalue weighted by atomic mass is 16.5. The standard InChI is InChI=1S/C19H29NO3/c1-14-10-16(3)17(11-15(14)2)6-5-8-20-18-12-23-9-7-19(18,21)13-22-4/h5-6,10-11,18,20-21H,7-9,12-13H2,1-4H3/b6-5+. The molecular formula is C19H29NO3. The second-order valence-corrected chi connectivity index (χ2v) is 6.52. The molecule has 0 amide bonds. The van der Waals surface area contributed by atoms with Crippen molar-refractivity contribution in [1.82, 2.24) is 5.32 Å². The van der Waals surface area contributed by atoms with Gasteiger partial charge in [0.1, 0.15) is 5.60 Å². The molecule has 0 radical (unpaired) electrons. The van der Waals surface area contributed by atoms with Crippen molar-refractivity contribution in [1.29, 1.82) is 0 Å². The minimum Gasteiger partial charge on any atom is -0.386 e. The highest BCUT2D eigenvalue weighted by Gasteiger charge is 2.39. The summed E-state index contributed by atoms with van der Waals surface area (Å²) in [5.41, 5.74) is 4.29. The van der Waals surface area contributed by atoms with E-state index in [1.54, 1.807) is 7.11 Å². The highest BCUT2D eigenvalue weighted by Crippen LogP contribution is 2.21. The Hall–Kier alpha value is -1.20. The molecule has 2 N–H and O–H groups in total. The molecule has 1 aliphatic rings. The van der Waals surface area contributed by atoms with Crippen LogP contribution < -0.4 is 5.32 Å². The predicted octanol–water partition coefficient (Wildman–Crippen LogP) is 2.38. The number of methoxy groups -OCH3 is 1. The lowest BCUT2D eigenvalue weighted by Crippen LogP contribution is -2.59. The van der Waals surface area contributed by atoms with Gasteiger partial charge in [-0.25, -0.2) is 0 Å². The van der Waals surface area contributed by atoms with E-state index in [0.29, 0.717) is 32.8 Å². The number of rotatable bonds is 6. The average Bonchev–Trinajstić information content (AvgIpc) is 2.50. The van der Waals surface area contributed by atoms with Crippen LogP contribution in [0, 0.1) is 20.8 Å². The van der Waals surface area contributed by atoms with Crippen LogP contribution in [0.25, 0.3) is 6.08 Å². The molecule has 2 rings (SSSR count). The molecule has 1 aromatic carbocycles. The maximum Gasteiger partial charge on any atom is 0.108 e. The number of benzene rings is 1. The minimum absolute atomic E-state index is 0.110. The summed E-state index contributed by atoms with van der Waals surface area (Å²) in [7, 11) is 1.62. The maximum absolute atomic E-state index is 10.7. The fourth-order valence-corrected chi connectivity index (χ4v) is 3.01. The van der Waals surface area contributed by atoms with Gasteiger partial charge >= 0.3 is 0 Å². The summed E-state index contributed by atoms with van der Waals surface area (Å²) in [6.07, 6.45) is 4.82. The molecule has 128 valence electrons. The van der Waals surface area contributed by atoms with Crippen molar-refractivity contribution in [3.63, 3.8) is 0 Å². The van der Waals surface area contributed by atoms with Crippen LogP contribution in [0.3, 0.4) is 0 Å². The molecule has 2 unspecified atom stereocenters. The van der Waals surface area contributed by atoms with Gasteiger partial charge in [-0.3, -0.25) is 0 Å². The summed E-state index contributed by atoms with van der Waals surface area (Å²) in [6, 6.07) is 4.32. The van der Waals surface area contributed by atoms with E-state index in [1.165, 1.54) is 22.3 Å². The molecule has 4 nitrogen and oxygen atoms in total. The molecule has 1 saturated heterocycles. The third-order valence-corrected chi connectivity index (χ3v) is 4.67. The van der Waals surface area contributed by atoms with E-state index >= 15 is 0 Å². The zero-order valence-corrected chi connectivity index (χ0v) is 14.7. The van der Waals surface area contributed by atoms with Crippen molar-refractivity contribution in [2.24, 2.45) is 0 Å². The molecule has 1 aromatic rings. The van der Waals surface area contributed by atoms with Crippen LogP contribution in [-0.2, 0) is 9.47 Å². The SMILES string of the molecule is COCC1(O)CCOCC1NC/C=C/c1cc(C)c(C)cc1C. The summed E-state index contributed by atoms with van der Waals surface area (Å²) < 4.78 is 10.7. The van der Waals surface area contributed by atoms with Crippen LogP contribution in [-0.4, -0.2) is 50.2 Å². The molecule has 0 bridgehead atoms. The number of aryl methyl sites for hydroxylation is 3. The van der Waals surface area contributed by atoms with Crippen molar-refractivity contribution >= 4 is 6.08 Å². The third-order valence-electron chi connectivity index (χ3n) is 4.67. The van der Waals surface area contributed by atoms with Gasteiger partial charge in [0.15, 0.2) is 0 Å². The zero-order valence-electron chi connectivity index (χ0n) is 14.7. The Morgan fingerprint density at radius 1 is 1.30 bits per heavy atom. The Bertz CT molecular complexity index is 552. The molecule has 0 aromatic heterocycles. The number of ether oxygens (including phenoxy) is 2. The first-order valence-corrected chi connectivity index (χ1v) is 8.23. The molecule has 2 atom stereocenters. The molecule has 4 heteroatoms. The first-order valence-electron chi connectivity index (χ1n) is 8.23. The topological polar surface area (TPSA) is 50.7 Å². The Labute approximate surface area is 139 Å². The van der Waals surface area contributed by atoms with E-state index in [4.69, 9.17) is 9.47 Å². The smallest absolute Gasteiger partial charge is 0.108 e. The monoisotopic (exact) mass is 319 g/mol. The van der Waals surface area contributed by atoms with Crippen LogP contribution >= 0.6 is 0 Å². The lowest BCUT2D eigenvalue weighted by atomic mass is 9.90. The summed E-state index contributed by atoms with van der Waals surface area (Å²) >= 11 is 0. The Morgan fingerprint density at radius 2 is 2.04 bits per heavy atom. The van der Waals surface area contributed by atoms with Crippen molar-refractivity contribution < 1.29 is 14.6 Å². The molecule has 0 aliphatic carbocycles. The van der Waals surface area contributed by atoms with Gasteiger partial charge in [0.05, 0.1) is 19.3 Å². The van der Waals surface area contributed by atoms with Gasteiger partial charge in [0, 0.05) is 26.7 Å². The number of aliphatic hydroxyl groups is 1. The second kappa shape index (κ2) is 8.06. The van der Waals surface area contributed by atoms with Crippen molar-refractivity contribution in [2.45, 2.75) is 38.8 Å². The van der Waals surface area contributed by atoms with E-state index in [-0.39, 0.29) is 6.04 Å². The Kier molecular flexibility index (Phi) is 6.36. The average molecular weight is 319 g/mol. The zero-order chi connectivity index (χ0) is 16.9. The maximum atomic E-state index is 10.7. The second-order valence-electron chi connectivity index (χ2n) is 6.52. The van der Waals surface area contributed by atoms with Gasteiger partial charge in [-0.05, 0) is 43.0 Å². The molecular weight excluding hydrogens is 290 g/mol. The molecule has 1 aliphatic heterocycles. The van der Waals surface area contributed by atoms with Crippen LogP contribution in [0.4, 0.5) is 0 Å². The van der Waals surface area contributed by atoms with E-state index in [9.17, 15) is 5.11 Å². The van der Waals surface area contributed by atoms with E-state index in [1.807, 2.05) is 0 Å². The van der Waals surface area contributed by atoms with Gasteiger partial charge in [0.2, 0.25) is 0 Å². The summed E-state index contributed by atoms with van der Waals surface area (Å²) in [5, 5.41) is 14.0. The molecule has 0 spiro atoms. The highest BCUT2D eigenvalue weighted by molar-refractivity contribution is 5.56. The normalized spacial score (nSPS) is 25.2. The van der Waals surface area contributed by atoms with Crippen molar-refractivity contribution in [3.05, 3.63) is 40.5 Å². The van der Waals surface area contributed by atoms with E-state index < -0.39 is 5.60 Å². The van der Waals surface area contributed by atoms with Crippen LogP contribution in [0.1, 0.15) is 28.7 Å². The van der Waals surface area contributed by atoms with Gasteiger partial charge in [-0.15, -0.1) is 0 Å². The van der Waals surface area contributed by atoms with Crippen LogP contribution in [0.5, 0.6) is 0 Å². The lowest BCUT2D eigenvalue weighted by Gasteiger charge is -2.39. The quantitative estimate of drug-likeness (QED) is 0.845. The van der Waals surface area contributed by atoms with Gasteiger partial charge in [0.25, 0.3) is 0 Å². The summed E-state index contributed by atoms with van der Waals surface area (Å²) in [4.78, 5) is 0. The molecule has 0 saturated carbocycles. The molecule has 23 heavy (non-hydrogen) atoms. The molecule has 1 fully saturated rings. The van der Waals surface area contributed by atoms with Gasteiger partial charge < -0.3 is 19.9 Å². The van der Waals surface area contributed by atoms with E-state index in [0.717, 1.165) is 0 Å². The summed E-state index contributed by atoms with van der Waals surface area (Å²) in [6.45, 7) is 8.50. The molecule has 1 heterocycles. The first kappa shape index (κ1) is 18.1. The van der Waals surface area contributed by atoms with Crippen LogP contribution in [0.15, 0.2) is 18.2 Å². The van der Waals surface area contributed by atoms with Gasteiger partial charge in [-0.1, -0.05) is 24.3 Å². The van der Waals surface area contributed by atoms with Crippen molar-refractivity contribution in [2.75, 3.05) is 33.5 Å². The number of hydrogen-bond acceptors (Lipinski definition) is 4. The Morgan fingerprint density at radius 3 is 2.78 bits per heavy atom. The largest absolute Gasteiger partial charge is 0.386 e. The third kappa shape index (κ3) is 4.64. The minimum atomic E-state index is -0.850. The first-order chi connectivity index (χ1) is 11.0. The number of nitrogens with one attached hydrogen (secondary N) is 1. The predicted molar refractivity (Wildman–Crippen MR) is 93.7 cm³/mol. The van der Waals surface area contributed by atoms with Gasteiger partial charge in [-0.2, -0.15) is 0 Å². The van der Waals surface area contributed by atoms with Crippen LogP contribution in [0.2, 0.25) is 0 Å². The lowest BCUT2D eigenvalue weighted by molar-refractivity contribution is -0.122. The Balaban J connectivity index is 1.94. The van der Waals surface area contributed by atoms with Crippen molar-refractivity contribution in [3.8, 4) is 0 Å². The fourth-order valence-electron chi connectivity index (χ4n) is 3.01. The van der Waals surface area contributed by atoms with E-state index in [2.05, 4.69) is 50.4 Å². The number of hydrogen-bond donors (Lipinski definition) is 2. The summed E-state index contributed by atoms with van der Waals surface area (Å²) in [5.74, 6) is 0. The fraction of sp³-hybridized carbons (Fsp3) is 0.579.